The minimum absolute atomic E-state index is 0.236. The van der Waals surface area contributed by atoms with Crippen LogP contribution in [0, 0.1) is 11.3 Å². The molecule has 2 rings (SSSR count). The van der Waals surface area contributed by atoms with Gasteiger partial charge in [0.25, 0.3) is 0 Å². The van der Waals surface area contributed by atoms with Crippen molar-refractivity contribution < 1.29 is 5.11 Å². The van der Waals surface area contributed by atoms with E-state index in [2.05, 4.69) is 15.9 Å². The fourth-order valence-corrected chi connectivity index (χ4v) is 2.96. The maximum atomic E-state index is 9.83. The first-order valence-corrected chi connectivity index (χ1v) is 5.66. The molecule has 14 heavy (non-hydrogen) atoms. The van der Waals surface area contributed by atoms with Crippen LogP contribution in [0.3, 0.4) is 0 Å². The van der Waals surface area contributed by atoms with Crippen LogP contribution >= 0.6 is 27.3 Å². The van der Waals surface area contributed by atoms with Gasteiger partial charge in [0.2, 0.25) is 0 Å². The Morgan fingerprint density at radius 1 is 1.50 bits per heavy atom. The van der Waals surface area contributed by atoms with Crippen LogP contribution in [0.5, 0.6) is 5.75 Å². The normalized spacial score (nSPS) is 10.3. The van der Waals surface area contributed by atoms with E-state index in [0.717, 1.165) is 14.6 Å². The van der Waals surface area contributed by atoms with Gasteiger partial charge in [-0.25, -0.2) is 0 Å². The zero-order valence-electron chi connectivity index (χ0n) is 7.12. The number of benzene rings is 1. The molecule has 0 amide bonds. The number of fused-ring (bicyclic) bond motifs is 1. The Morgan fingerprint density at radius 3 is 3.00 bits per heavy atom. The lowest BCUT2D eigenvalue weighted by molar-refractivity contribution is 0.477. The maximum Gasteiger partial charge on any atom is 0.137 e. The third-order valence-electron chi connectivity index (χ3n) is 2.02. The van der Waals surface area contributed by atoms with E-state index in [1.165, 1.54) is 11.3 Å². The third kappa shape index (κ3) is 1.39. The van der Waals surface area contributed by atoms with Crippen LogP contribution in [-0.4, -0.2) is 5.11 Å². The molecule has 0 aliphatic rings. The van der Waals surface area contributed by atoms with Crippen molar-refractivity contribution in [3.05, 3.63) is 27.5 Å². The Bertz CT molecular complexity index is 527. The largest absolute Gasteiger partial charge is 0.506 e. The van der Waals surface area contributed by atoms with Gasteiger partial charge in [0.05, 0.1) is 17.2 Å². The third-order valence-corrected chi connectivity index (χ3v) is 3.98. The highest BCUT2D eigenvalue weighted by Gasteiger charge is 2.09. The summed E-state index contributed by atoms with van der Waals surface area (Å²) in [4.78, 5) is 0. The molecule has 0 aliphatic carbocycles. The molecule has 0 atom stereocenters. The summed E-state index contributed by atoms with van der Waals surface area (Å²) in [6.45, 7) is 0. The second-order valence-corrected chi connectivity index (χ2v) is 4.60. The number of halogens is 1. The van der Waals surface area contributed by atoms with Gasteiger partial charge in [0.1, 0.15) is 5.75 Å². The molecule has 0 spiro atoms. The van der Waals surface area contributed by atoms with Crippen molar-refractivity contribution in [2.75, 3.05) is 0 Å². The van der Waals surface area contributed by atoms with Crippen molar-refractivity contribution in [3.8, 4) is 11.8 Å². The fraction of sp³-hybridized carbons (Fsp3) is 0.100. The van der Waals surface area contributed by atoms with Gasteiger partial charge in [-0.2, -0.15) is 5.26 Å². The van der Waals surface area contributed by atoms with E-state index in [1.807, 2.05) is 17.5 Å². The maximum absolute atomic E-state index is 9.83. The monoisotopic (exact) mass is 267 g/mol. The quantitative estimate of drug-likeness (QED) is 0.861. The molecule has 0 unspecified atom stereocenters. The Morgan fingerprint density at radius 2 is 2.29 bits per heavy atom. The molecular weight excluding hydrogens is 262 g/mol. The molecule has 2 aromatic rings. The Kier molecular flexibility index (Phi) is 2.44. The standard InChI is InChI=1S/C10H6BrNOS/c11-8-5-14-10-7(8)2-1-6(3-4-12)9(10)13/h1-2,5,13H,3H2. The highest BCUT2D eigenvalue weighted by Crippen LogP contribution is 2.38. The number of phenols is 1. The molecule has 1 N–H and O–H groups in total. The lowest BCUT2D eigenvalue weighted by atomic mass is 10.1. The molecular formula is C10H6BrNOS. The first-order valence-electron chi connectivity index (χ1n) is 3.98. The van der Waals surface area contributed by atoms with Crippen molar-refractivity contribution in [1.82, 2.24) is 0 Å². The number of nitrogens with zero attached hydrogens (tertiary/aromatic N) is 1. The van der Waals surface area contributed by atoms with Crippen molar-refractivity contribution >= 4 is 37.4 Å². The molecule has 1 aromatic carbocycles. The van der Waals surface area contributed by atoms with Crippen molar-refractivity contribution in [1.29, 1.82) is 5.26 Å². The number of thiophene rings is 1. The topological polar surface area (TPSA) is 44.0 Å². The van der Waals surface area contributed by atoms with E-state index in [1.54, 1.807) is 6.07 Å². The summed E-state index contributed by atoms with van der Waals surface area (Å²) >= 11 is 4.87. The summed E-state index contributed by atoms with van der Waals surface area (Å²) < 4.78 is 1.82. The summed E-state index contributed by atoms with van der Waals surface area (Å²) in [7, 11) is 0. The van der Waals surface area contributed by atoms with E-state index < -0.39 is 0 Å². The number of aromatic hydroxyl groups is 1. The first kappa shape index (κ1) is 9.50. The molecule has 1 aromatic heterocycles. The smallest absolute Gasteiger partial charge is 0.137 e. The van der Waals surface area contributed by atoms with Crippen LogP contribution < -0.4 is 0 Å². The van der Waals surface area contributed by atoms with Gasteiger partial charge in [0.15, 0.2) is 0 Å². The molecule has 1 heterocycles. The molecule has 0 radical (unpaired) electrons. The zero-order valence-corrected chi connectivity index (χ0v) is 9.52. The SMILES string of the molecule is N#CCc1ccc2c(Br)csc2c1O. The second-order valence-electron chi connectivity index (χ2n) is 2.87. The highest BCUT2D eigenvalue weighted by molar-refractivity contribution is 9.10. The molecule has 4 heteroatoms. The van der Waals surface area contributed by atoms with Crippen LogP contribution in [0.1, 0.15) is 5.56 Å². The Balaban J connectivity index is 2.71. The van der Waals surface area contributed by atoms with E-state index in [4.69, 9.17) is 5.26 Å². The molecule has 0 bridgehead atoms. The molecule has 0 saturated carbocycles. The average molecular weight is 268 g/mol. The molecule has 0 saturated heterocycles. The molecule has 2 nitrogen and oxygen atoms in total. The van der Waals surface area contributed by atoms with E-state index in [0.29, 0.717) is 5.56 Å². The Hall–Kier alpha value is -1.05. The van der Waals surface area contributed by atoms with Gasteiger partial charge in [-0.15, -0.1) is 11.3 Å². The van der Waals surface area contributed by atoms with Crippen molar-refractivity contribution in [2.24, 2.45) is 0 Å². The van der Waals surface area contributed by atoms with Gasteiger partial charge >= 0.3 is 0 Å². The zero-order chi connectivity index (χ0) is 10.1. The van der Waals surface area contributed by atoms with Crippen LogP contribution in [0.4, 0.5) is 0 Å². The van der Waals surface area contributed by atoms with Crippen molar-refractivity contribution in [2.45, 2.75) is 6.42 Å². The molecule has 70 valence electrons. The summed E-state index contributed by atoms with van der Waals surface area (Å²) in [5.41, 5.74) is 0.689. The van der Waals surface area contributed by atoms with E-state index in [9.17, 15) is 5.11 Å². The predicted molar refractivity (Wildman–Crippen MR) is 60.5 cm³/mol. The lowest BCUT2D eigenvalue weighted by Gasteiger charge is -2.00. The first-order chi connectivity index (χ1) is 6.74. The number of hydrogen-bond acceptors (Lipinski definition) is 3. The summed E-state index contributed by atoms with van der Waals surface area (Å²) in [5, 5.41) is 21.3. The van der Waals surface area contributed by atoms with Gasteiger partial charge in [-0.05, 0) is 15.9 Å². The minimum Gasteiger partial charge on any atom is -0.506 e. The van der Waals surface area contributed by atoms with Gasteiger partial charge < -0.3 is 5.11 Å². The van der Waals surface area contributed by atoms with Crippen LogP contribution in [0.2, 0.25) is 0 Å². The number of hydrogen-bond donors (Lipinski definition) is 1. The number of phenolic OH excluding ortho intramolecular Hbond substituents is 1. The lowest BCUT2D eigenvalue weighted by Crippen LogP contribution is -1.82. The van der Waals surface area contributed by atoms with Crippen LogP contribution in [0.25, 0.3) is 10.1 Å². The van der Waals surface area contributed by atoms with Gasteiger partial charge in [-0.1, -0.05) is 12.1 Å². The summed E-state index contributed by atoms with van der Waals surface area (Å²) in [6, 6.07) is 5.74. The minimum atomic E-state index is 0.236. The molecule has 0 fully saturated rings. The number of rotatable bonds is 1. The second kappa shape index (κ2) is 3.60. The average Bonchev–Trinajstić information content (AvgIpc) is 2.54. The summed E-state index contributed by atoms with van der Waals surface area (Å²) in [5.74, 6) is 0.236. The van der Waals surface area contributed by atoms with Gasteiger partial charge in [0, 0.05) is 20.8 Å². The molecule has 0 aliphatic heterocycles. The Labute approximate surface area is 93.5 Å². The summed E-state index contributed by atoms with van der Waals surface area (Å²) in [6.07, 6.45) is 0.247. The van der Waals surface area contributed by atoms with E-state index in [-0.39, 0.29) is 12.2 Å². The predicted octanol–water partition coefficient (Wildman–Crippen LogP) is 3.44. The van der Waals surface area contributed by atoms with Crippen molar-refractivity contribution in [3.63, 3.8) is 0 Å². The fourth-order valence-electron chi connectivity index (χ4n) is 1.32. The van der Waals surface area contributed by atoms with E-state index >= 15 is 0 Å². The van der Waals surface area contributed by atoms with Crippen LogP contribution in [0.15, 0.2) is 22.0 Å². The van der Waals surface area contributed by atoms with Crippen LogP contribution in [-0.2, 0) is 6.42 Å². The highest BCUT2D eigenvalue weighted by atomic mass is 79.9. The number of nitriles is 1. The van der Waals surface area contributed by atoms with Gasteiger partial charge in [-0.3, -0.25) is 0 Å².